The van der Waals surface area contributed by atoms with Crippen LogP contribution in [-0.2, 0) is 14.7 Å². The molecule has 0 spiro atoms. The molecule has 0 atom stereocenters. The lowest BCUT2D eigenvalue weighted by atomic mass is 9.70. The molecular weight excluding hydrogens is 235 g/mol. The normalized spacial score (nSPS) is 21.7. The van der Waals surface area contributed by atoms with E-state index in [4.69, 9.17) is 9.31 Å². The van der Waals surface area contributed by atoms with Crippen LogP contribution in [0.4, 0.5) is 0 Å². The van der Waals surface area contributed by atoms with E-state index in [1.807, 2.05) is 0 Å². The van der Waals surface area contributed by atoms with E-state index in [-0.39, 0.29) is 23.7 Å². The molecule has 1 fully saturated rings. The van der Waals surface area contributed by atoms with E-state index >= 15 is 0 Å². The third-order valence-electron chi connectivity index (χ3n) is 4.28. The molecule has 1 heterocycles. The zero-order chi connectivity index (χ0) is 14.5. The Morgan fingerprint density at radius 3 is 1.84 bits per heavy atom. The second kappa shape index (κ2) is 4.36. The minimum atomic E-state index is -0.289. The molecule has 2 rings (SSSR count). The summed E-state index contributed by atoms with van der Waals surface area (Å²) in [4.78, 5) is 0. The lowest BCUT2D eigenvalue weighted by Gasteiger charge is -2.32. The molecule has 0 radical (unpaired) electrons. The van der Waals surface area contributed by atoms with Gasteiger partial charge < -0.3 is 9.31 Å². The van der Waals surface area contributed by atoms with E-state index in [2.05, 4.69) is 72.7 Å². The Labute approximate surface area is 117 Å². The fourth-order valence-corrected chi connectivity index (χ4v) is 2.36. The monoisotopic (exact) mass is 260 g/mol. The number of rotatable bonds is 1. The van der Waals surface area contributed by atoms with Gasteiger partial charge in [0.2, 0.25) is 0 Å². The maximum Gasteiger partial charge on any atom is 0.495 e. The van der Waals surface area contributed by atoms with Gasteiger partial charge in [-0.1, -0.05) is 45.0 Å². The van der Waals surface area contributed by atoms with Crippen molar-refractivity contribution in [3.8, 4) is 0 Å². The highest BCUT2D eigenvalue weighted by Crippen LogP contribution is 2.37. The zero-order valence-corrected chi connectivity index (χ0v) is 13.2. The quantitative estimate of drug-likeness (QED) is 0.721. The van der Waals surface area contributed by atoms with Gasteiger partial charge >= 0.3 is 7.12 Å². The van der Waals surface area contributed by atoms with Crippen LogP contribution in [0, 0.1) is 0 Å². The highest BCUT2D eigenvalue weighted by molar-refractivity contribution is 6.62. The summed E-state index contributed by atoms with van der Waals surface area (Å²) in [7, 11) is -0.277. The molecule has 0 N–H and O–H groups in total. The van der Waals surface area contributed by atoms with Gasteiger partial charge in [0.15, 0.2) is 0 Å². The van der Waals surface area contributed by atoms with Crippen molar-refractivity contribution < 1.29 is 9.31 Å². The first kappa shape index (κ1) is 14.6. The summed E-state index contributed by atoms with van der Waals surface area (Å²) in [6.45, 7) is 15.0. The first-order valence-electron chi connectivity index (χ1n) is 7.00. The Bertz CT molecular complexity index is 456. The maximum absolute atomic E-state index is 6.16. The van der Waals surface area contributed by atoms with Crippen molar-refractivity contribution in [2.24, 2.45) is 0 Å². The molecule has 0 unspecified atom stereocenters. The molecular formula is C16H25BO2. The average molecular weight is 260 g/mol. The van der Waals surface area contributed by atoms with Gasteiger partial charge in [0.05, 0.1) is 11.2 Å². The smallest absolute Gasteiger partial charge is 0.399 e. The highest BCUT2D eigenvalue weighted by Gasteiger charge is 2.52. The van der Waals surface area contributed by atoms with Crippen molar-refractivity contribution in [1.29, 1.82) is 0 Å². The standard InChI is InChI=1S/C16H25BO2/c1-14(2,3)12-10-8-9-11-13(12)17-18-15(4,5)16(6,7)19-17/h8-11H,1-7H3. The largest absolute Gasteiger partial charge is 0.495 e. The molecule has 104 valence electrons. The van der Waals surface area contributed by atoms with Gasteiger partial charge in [-0.15, -0.1) is 0 Å². The van der Waals surface area contributed by atoms with Crippen LogP contribution in [0.25, 0.3) is 0 Å². The summed E-state index contributed by atoms with van der Waals surface area (Å²) < 4.78 is 12.3. The van der Waals surface area contributed by atoms with Crippen molar-refractivity contribution in [3.05, 3.63) is 29.8 Å². The van der Waals surface area contributed by atoms with Crippen LogP contribution in [0.15, 0.2) is 24.3 Å². The third-order valence-corrected chi connectivity index (χ3v) is 4.28. The molecule has 1 aromatic carbocycles. The van der Waals surface area contributed by atoms with Crippen molar-refractivity contribution >= 4 is 12.6 Å². The van der Waals surface area contributed by atoms with Gasteiger partial charge in [0, 0.05) is 0 Å². The molecule has 3 heteroatoms. The maximum atomic E-state index is 6.16. The summed E-state index contributed by atoms with van der Waals surface area (Å²) in [5.74, 6) is 0. The van der Waals surface area contributed by atoms with E-state index < -0.39 is 0 Å². The number of hydrogen-bond acceptors (Lipinski definition) is 2. The second-order valence-corrected chi connectivity index (χ2v) is 7.43. The number of benzene rings is 1. The number of hydrogen-bond donors (Lipinski definition) is 0. The zero-order valence-electron chi connectivity index (χ0n) is 13.2. The van der Waals surface area contributed by atoms with Crippen LogP contribution in [-0.4, -0.2) is 18.3 Å². The summed E-state index contributed by atoms with van der Waals surface area (Å²) in [5.41, 5.74) is 1.94. The van der Waals surface area contributed by atoms with Crippen molar-refractivity contribution in [1.82, 2.24) is 0 Å². The first-order valence-corrected chi connectivity index (χ1v) is 7.00. The molecule has 0 aliphatic carbocycles. The van der Waals surface area contributed by atoms with E-state index in [9.17, 15) is 0 Å². The molecule has 0 aromatic heterocycles. The van der Waals surface area contributed by atoms with Crippen LogP contribution >= 0.6 is 0 Å². The van der Waals surface area contributed by atoms with E-state index in [1.165, 1.54) is 5.56 Å². The Hall–Kier alpha value is -0.795. The molecule has 1 aliphatic heterocycles. The van der Waals surface area contributed by atoms with Crippen LogP contribution in [0.5, 0.6) is 0 Å². The molecule has 0 saturated carbocycles. The SMILES string of the molecule is CC(C)(C)c1ccccc1B1OC(C)(C)C(C)(C)O1. The van der Waals surface area contributed by atoms with Crippen LogP contribution < -0.4 is 5.46 Å². The topological polar surface area (TPSA) is 18.5 Å². The van der Waals surface area contributed by atoms with Gasteiger partial charge in [-0.05, 0) is 44.1 Å². The molecule has 1 saturated heterocycles. The molecule has 2 nitrogen and oxygen atoms in total. The predicted molar refractivity (Wildman–Crippen MR) is 80.9 cm³/mol. The second-order valence-electron chi connectivity index (χ2n) is 7.43. The molecule has 0 bridgehead atoms. The van der Waals surface area contributed by atoms with Crippen molar-refractivity contribution in [2.75, 3.05) is 0 Å². The third kappa shape index (κ3) is 2.59. The predicted octanol–water partition coefficient (Wildman–Crippen LogP) is 3.28. The Morgan fingerprint density at radius 1 is 0.895 bits per heavy atom. The fourth-order valence-electron chi connectivity index (χ4n) is 2.36. The highest BCUT2D eigenvalue weighted by atomic mass is 16.7. The summed E-state index contributed by atoms with van der Waals surface area (Å²) >= 11 is 0. The first-order chi connectivity index (χ1) is 8.55. The molecule has 19 heavy (non-hydrogen) atoms. The average Bonchev–Trinajstić information content (AvgIpc) is 2.47. The Kier molecular flexibility index (Phi) is 3.35. The minimum absolute atomic E-state index is 0.0835. The Morgan fingerprint density at radius 2 is 1.37 bits per heavy atom. The summed E-state index contributed by atoms with van der Waals surface area (Å²) in [5, 5.41) is 0. The van der Waals surface area contributed by atoms with Crippen LogP contribution in [0.3, 0.4) is 0 Å². The minimum Gasteiger partial charge on any atom is -0.399 e. The van der Waals surface area contributed by atoms with Crippen molar-refractivity contribution in [3.63, 3.8) is 0 Å². The van der Waals surface area contributed by atoms with Crippen LogP contribution in [0.1, 0.15) is 54.0 Å². The summed E-state index contributed by atoms with van der Waals surface area (Å²) in [6.07, 6.45) is 0. The van der Waals surface area contributed by atoms with Gasteiger partial charge in [-0.3, -0.25) is 0 Å². The molecule has 1 aromatic rings. The van der Waals surface area contributed by atoms with Gasteiger partial charge in [-0.2, -0.15) is 0 Å². The van der Waals surface area contributed by atoms with Gasteiger partial charge in [-0.25, -0.2) is 0 Å². The Balaban J connectivity index is 2.41. The van der Waals surface area contributed by atoms with Gasteiger partial charge in [0.1, 0.15) is 0 Å². The van der Waals surface area contributed by atoms with E-state index in [0.717, 1.165) is 5.46 Å². The van der Waals surface area contributed by atoms with E-state index in [1.54, 1.807) is 0 Å². The van der Waals surface area contributed by atoms with E-state index in [0.29, 0.717) is 0 Å². The lowest BCUT2D eigenvalue weighted by Crippen LogP contribution is -2.41. The van der Waals surface area contributed by atoms with Crippen LogP contribution in [0.2, 0.25) is 0 Å². The molecule has 0 amide bonds. The van der Waals surface area contributed by atoms with Crippen molar-refractivity contribution in [2.45, 2.75) is 65.1 Å². The fraction of sp³-hybridized carbons (Fsp3) is 0.625. The molecule has 1 aliphatic rings. The summed E-state index contributed by atoms with van der Waals surface area (Å²) in [6, 6.07) is 8.41. The van der Waals surface area contributed by atoms with Gasteiger partial charge in [0.25, 0.3) is 0 Å². The lowest BCUT2D eigenvalue weighted by molar-refractivity contribution is 0.00578.